The van der Waals surface area contributed by atoms with E-state index in [0.717, 1.165) is 10.6 Å². The first-order valence-electron chi connectivity index (χ1n) is 10.3. The van der Waals surface area contributed by atoms with Crippen molar-refractivity contribution in [2.45, 2.75) is 17.9 Å². The topological polar surface area (TPSA) is 88.7 Å². The summed E-state index contributed by atoms with van der Waals surface area (Å²) in [5.41, 5.74) is 2.30. The van der Waals surface area contributed by atoms with Gasteiger partial charge in [0.15, 0.2) is 0 Å². The van der Waals surface area contributed by atoms with Crippen LogP contribution in [0.15, 0.2) is 71.6 Å². The summed E-state index contributed by atoms with van der Waals surface area (Å²) in [6.07, 6.45) is 1.96. The monoisotopic (exact) mass is 465 g/mol. The van der Waals surface area contributed by atoms with Crippen LogP contribution in [0.2, 0.25) is 0 Å². The smallest absolute Gasteiger partial charge is 0.255 e. The molecule has 7 nitrogen and oxygen atoms in total. The second-order valence-corrected chi connectivity index (χ2v) is 7.98. The van der Waals surface area contributed by atoms with Gasteiger partial charge in [-0.1, -0.05) is 30.3 Å². The molecule has 0 bridgehead atoms. The normalized spacial score (nSPS) is 11.3. The van der Waals surface area contributed by atoms with Crippen molar-refractivity contribution in [1.82, 2.24) is 0 Å². The summed E-state index contributed by atoms with van der Waals surface area (Å²) < 4.78 is 11.0. The number of benzene rings is 3. The van der Waals surface area contributed by atoms with Crippen molar-refractivity contribution >= 4 is 40.6 Å². The number of anilines is 3. The third kappa shape index (κ3) is 5.98. The Kier molecular flexibility index (Phi) is 8.21. The quantitative estimate of drug-likeness (QED) is 0.380. The summed E-state index contributed by atoms with van der Waals surface area (Å²) >= 11 is 1.56. The average molecular weight is 466 g/mol. The molecular formula is C25H27N3O4S. The fourth-order valence-electron chi connectivity index (χ4n) is 3.18. The zero-order valence-electron chi connectivity index (χ0n) is 19.0. The Labute approximate surface area is 197 Å². The van der Waals surface area contributed by atoms with Crippen LogP contribution in [0.3, 0.4) is 0 Å². The lowest BCUT2D eigenvalue weighted by Crippen LogP contribution is -2.32. The molecule has 0 fully saturated rings. The Bertz CT molecular complexity index is 1120. The molecule has 0 aliphatic carbocycles. The van der Waals surface area contributed by atoms with Crippen molar-refractivity contribution < 1.29 is 19.1 Å². The maximum absolute atomic E-state index is 12.8. The predicted octanol–water partition coefficient (Wildman–Crippen LogP) is 5.12. The first kappa shape index (κ1) is 24.0. The Hall–Kier alpha value is -3.65. The average Bonchev–Trinajstić information content (AvgIpc) is 2.85. The Morgan fingerprint density at radius 1 is 0.818 bits per heavy atom. The van der Waals surface area contributed by atoms with Crippen LogP contribution < -0.4 is 25.4 Å². The van der Waals surface area contributed by atoms with Gasteiger partial charge in [0.05, 0.1) is 31.3 Å². The van der Waals surface area contributed by atoms with Crippen molar-refractivity contribution in [3.63, 3.8) is 0 Å². The first-order chi connectivity index (χ1) is 16.0. The Morgan fingerprint density at radius 2 is 1.42 bits per heavy atom. The number of thioether (sulfide) groups is 1. The first-order valence-corrected chi connectivity index (χ1v) is 11.5. The summed E-state index contributed by atoms with van der Waals surface area (Å²) in [4.78, 5) is 26.4. The SMILES string of the molecule is COc1cc(N[C@H](C)C(=O)Nc2ccccc2SC)c(OC)cc1NC(=O)c1ccccc1. The highest BCUT2D eigenvalue weighted by molar-refractivity contribution is 7.98. The van der Waals surface area contributed by atoms with Gasteiger partial charge in [-0.2, -0.15) is 0 Å². The summed E-state index contributed by atoms with van der Waals surface area (Å²) in [5, 5.41) is 8.97. The molecule has 0 unspecified atom stereocenters. The van der Waals surface area contributed by atoms with Gasteiger partial charge in [0.25, 0.3) is 5.91 Å². The molecule has 1 atom stereocenters. The molecule has 0 aliphatic heterocycles. The van der Waals surface area contributed by atoms with Gasteiger partial charge >= 0.3 is 0 Å². The molecule has 2 amide bonds. The van der Waals surface area contributed by atoms with Crippen LogP contribution in [0.5, 0.6) is 11.5 Å². The molecule has 0 heterocycles. The molecule has 3 aromatic carbocycles. The lowest BCUT2D eigenvalue weighted by Gasteiger charge is -2.20. The van der Waals surface area contributed by atoms with E-state index in [0.29, 0.717) is 28.4 Å². The zero-order valence-corrected chi connectivity index (χ0v) is 19.8. The molecule has 3 aromatic rings. The fraction of sp³-hybridized carbons (Fsp3) is 0.200. The lowest BCUT2D eigenvalue weighted by molar-refractivity contribution is -0.116. The van der Waals surface area contributed by atoms with Crippen LogP contribution in [-0.2, 0) is 4.79 Å². The molecule has 0 aliphatic rings. The highest BCUT2D eigenvalue weighted by atomic mass is 32.2. The van der Waals surface area contributed by atoms with Gasteiger partial charge in [-0.25, -0.2) is 0 Å². The highest BCUT2D eigenvalue weighted by Gasteiger charge is 2.19. The third-order valence-electron chi connectivity index (χ3n) is 4.94. The van der Waals surface area contributed by atoms with E-state index < -0.39 is 6.04 Å². The summed E-state index contributed by atoms with van der Waals surface area (Å²) in [7, 11) is 3.04. The predicted molar refractivity (Wildman–Crippen MR) is 134 cm³/mol. The second-order valence-electron chi connectivity index (χ2n) is 7.13. The number of methoxy groups -OCH3 is 2. The molecule has 0 saturated heterocycles. The van der Waals surface area contributed by atoms with Gasteiger partial charge in [0.1, 0.15) is 17.5 Å². The van der Waals surface area contributed by atoms with Crippen LogP contribution in [0.4, 0.5) is 17.1 Å². The number of para-hydroxylation sites is 1. The molecule has 0 radical (unpaired) electrons. The van der Waals surface area contributed by atoms with Gasteiger partial charge in [-0.3, -0.25) is 9.59 Å². The van der Waals surface area contributed by atoms with E-state index in [-0.39, 0.29) is 11.8 Å². The van der Waals surface area contributed by atoms with E-state index in [9.17, 15) is 9.59 Å². The van der Waals surface area contributed by atoms with Crippen LogP contribution in [0.1, 0.15) is 17.3 Å². The summed E-state index contributed by atoms with van der Waals surface area (Å²) in [6.45, 7) is 1.76. The van der Waals surface area contributed by atoms with Crippen LogP contribution in [-0.4, -0.2) is 38.3 Å². The van der Waals surface area contributed by atoms with E-state index in [2.05, 4.69) is 16.0 Å². The number of amides is 2. The summed E-state index contributed by atoms with van der Waals surface area (Å²) in [6, 6.07) is 19.3. The van der Waals surface area contributed by atoms with Crippen molar-refractivity contribution in [2.75, 3.05) is 36.4 Å². The standard InChI is InChI=1S/C25H27N3O4S/c1-16(24(29)27-18-12-8-9-13-23(18)33-4)26-19-14-22(32-3)20(15-21(19)31-2)28-25(30)17-10-6-5-7-11-17/h5-16,26H,1-4H3,(H,27,29)(H,28,30)/t16-/m1/s1. The number of carbonyl (C=O) groups excluding carboxylic acids is 2. The second kappa shape index (κ2) is 11.3. The van der Waals surface area contributed by atoms with Crippen LogP contribution in [0, 0.1) is 0 Å². The Morgan fingerprint density at radius 3 is 2.09 bits per heavy atom. The lowest BCUT2D eigenvalue weighted by atomic mass is 10.1. The van der Waals surface area contributed by atoms with Gasteiger partial charge in [-0.05, 0) is 37.4 Å². The maximum Gasteiger partial charge on any atom is 0.255 e. The largest absolute Gasteiger partial charge is 0.495 e. The molecule has 0 aromatic heterocycles. The van der Waals surface area contributed by atoms with Crippen LogP contribution in [0.25, 0.3) is 0 Å². The number of ether oxygens (including phenoxy) is 2. The van der Waals surface area contributed by atoms with Crippen molar-refractivity contribution in [1.29, 1.82) is 0 Å². The minimum atomic E-state index is -0.566. The number of nitrogens with one attached hydrogen (secondary N) is 3. The molecule has 172 valence electrons. The van der Waals surface area contributed by atoms with Gasteiger partial charge in [0.2, 0.25) is 5.91 Å². The minimum absolute atomic E-state index is 0.195. The highest BCUT2D eigenvalue weighted by Crippen LogP contribution is 2.37. The van der Waals surface area contributed by atoms with Gasteiger partial charge in [-0.15, -0.1) is 11.8 Å². The van der Waals surface area contributed by atoms with Crippen LogP contribution >= 0.6 is 11.8 Å². The molecule has 0 saturated carbocycles. The molecule has 33 heavy (non-hydrogen) atoms. The summed E-state index contributed by atoms with van der Waals surface area (Å²) in [5.74, 6) is 0.432. The van der Waals surface area contributed by atoms with E-state index in [1.165, 1.54) is 14.2 Å². The van der Waals surface area contributed by atoms with E-state index in [4.69, 9.17) is 9.47 Å². The van der Waals surface area contributed by atoms with Crippen molar-refractivity contribution in [3.8, 4) is 11.5 Å². The molecule has 0 spiro atoms. The number of hydrogen-bond acceptors (Lipinski definition) is 6. The van der Waals surface area contributed by atoms with Gasteiger partial charge < -0.3 is 25.4 Å². The number of carbonyl (C=O) groups is 2. The Balaban J connectivity index is 1.78. The van der Waals surface area contributed by atoms with Crippen molar-refractivity contribution in [2.24, 2.45) is 0 Å². The van der Waals surface area contributed by atoms with E-state index >= 15 is 0 Å². The number of rotatable bonds is 9. The molecule has 3 rings (SSSR count). The van der Waals surface area contributed by atoms with Crippen molar-refractivity contribution in [3.05, 3.63) is 72.3 Å². The molecular weight excluding hydrogens is 438 g/mol. The van der Waals surface area contributed by atoms with Gasteiger partial charge in [0, 0.05) is 22.6 Å². The third-order valence-corrected chi connectivity index (χ3v) is 5.73. The molecule has 8 heteroatoms. The van der Waals surface area contributed by atoms with E-state index in [1.54, 1.807) is 55.1 Å². The van der Waals surface area contributed by atoms with E-state index in [1.807, 2.05) is 36.6 Å². The fourth-order valence-corrected chi connectivity index (χ4v) is 3.73. The maximum atomic E-state index is 12.8. The minimum Gasteiger partial charge on any atom is -0.495 e. The molecule has 3 N–H and O–H groups in total. The zero-order chi connectivity index (χ0) is 23.8. The number of hydrogen-bond donors (Lipinski definition) is 3.